The van der Waals surface area contributed by atoms with Gasteiger partial charge in [-0.3, -0.25) is 14.9 Å². The van der Waals surface area contributed by atoms with Crippen LogP contribution in [0.1, 0.15) is 31.4 Å². The van der Waals surface area contributed by atoms with Gasteiger partial charge in [0.15, 0.2) is 0 Å². The molecule has 9 heteroatoms. The first kappa shape index (κ1) is 16.6. The molecule has 4 N–H and O–H groups in total. The quantitative estimate of drug-likeness (QED) is 0.542. The first-order valence-electron chi connectivity index (χ1n) is 7.88. The zero-order valence-corrected chi connectivity index (χ0v) is 13.6. The highest BCUT2D eigenvalue weighted by atomic mass is 16.6. The fraction of sp³-hybridized carbons (Fsp3) is 0.312. The van der Waals surface area contributed by atoms with Gasteiger partial charge in [0.2, 0.25) is 17.7 Å². The maximum atomic E-state index is 11.7. The van der Waals surface area contributed by atoms with Gasteiger partial charge in [0.1, 0.15) is 6.20 Å². The van der Waals surface area contributed by atoms with Gasteiger partial charge < -0.3 is 16.4 Å². The Labute approximate surface area is 143 Å². The summed E-state index contributed by atoms with van der Waals surface area (Å²) in [5, 5.41) is 16.6. The van der Waals surface area contributed by atoms with Gasteiger partial charge in [-0.05, 0) is 37.5 Å². The molecule has 2 aromatic rings. The smallest absolute Gasteiger partial charge is 0.329 e. The second kappa shape index (κ2) is 6.71. The van der Waals surface area contributed by atoms with Crippen LogP contribution < -0.4 is 16.4 Å². The second-order valence-electron chi connectivity index (χ2n) is 5.97. The fourth-order valence-corrected chi connectivity index (χ4v) is 2.32. The molecule has 1 aliphatic rings. The highest BCUT2D eigenvalue weighted by Crippen LogP contribution is 2.30. The molecule has 0 spiro atoms. The third kappa shape index (κ3) is 4.00. The van der Waals surface area contributed by atoms with Gasteiger partial charge in [-0.1, -0.05) is 12.1 Å². The molecule has 0 saturated heterocycles. The van der Waals surface area contributed by atoms with Gasteiger partial charge in [-0.25, -0.2) is 4.98 Å². The van der Waals surface area contributed by atoms with Crippen molar-refractivity contribution in [3.63, 3.8) is 0 Å². The maximum absolute atomic E-state index is 11.7. The van der Waals surface area contributed by atoms with Crippen molar-refractivity contribution in [2.45, 2.75) is 25.8 Å². The first-order chi connectivity index (χ1) is 11.9. The molecule has 1 aromatic carbocycles. The molecule has 0 aliphatic heterocycles. The minimum atomic E-state index is -0.628. The molecule has 1 aromatic heterocycles. The summed E-state index contributed by atoms with van der Waals surface area (Å²) in [6.07, 6.45) is 3.00. The standard InChI is InChI=1S/C16H18N6O3/c1-9(19-16-18-8-13(22(24)25)14(17)21-16)10-4-6-12(7-5-10)20-15(23)11-2-3-11/h4-9,11H,2-3H2,1H3,(H,20,23)(H3,17,18,19,21). The lowest BCUT2D eigenvalue weighted by atomic mass is 10.1. The van der Waals surface area contributed by atoms with E-state index in [1.807, 2.05) is 31.2 Å². The van der Waals surface area contributed by atoms with E-state index in [1.54, 1.807) is 0 Å². The Kier molecular flexibility index (Phi) is 4.46. The zero-order chi connectivity index (χ0) is 18.0. The van der Waals surface area contributed by atoms with Crippen LogP contribution in [-0.2, 0) is 4.79 Å². The Morgan fingerprint density at radius 1 is 1.36 bits per heavy atom. The van der Waals surface area contributed by atoms with Crippen molar-refractivity contribution >= 4 is 29.0 Å². The van der Waals surface area contributed by atoms with Gasteiger partial charge in [0, 0.05) is 11.6 Å². The predicted molar refractivity (Wildman–Crippen MR) is 92.9 cm³/mol. The van der Waals surface area contributed by atoms with Crippen LogP contribution in [-0.4, -0.2) is 20.8 Å². The van der Waals surface area contributed by atoms with Gasteiger partial charge in [-0.15, -0.1) is 0 Å². The predicted octanol–water partition coefficient (Wildman–Crippen LogP) is 2.49. The van der Waals surface area contributed by atoms with Crippen LogP contribution in [0.15, 0.2) is 30.5 Å². The van der Waals surface area contributed by atoms with Crippen molar-refractivity contribution in [2.24, 2.45) is 5.92 Å². The van der Waals surface area contributed by atoms with Crippen LogP contribution in [0.4, 0.5) is 23.1 Å². The van der Waals surface area contributed by atoms with E-state index in [1.165, 1.54) is 0 Å². The van der Waals surface area contributed by atoms with Gasteiger partial charge in [-0.2, -0.15) is 4.98 Å². The molecule has 1 atom stereocenters. The molecular formula is C16H18N6O3. The highest BCUT2D eigenvalue weighted by molar-refractivity contribution is 5.94. The molecule has 3 rings (SSSR count). The highest BCUT2D eigenvalue weighted by Gasteiger charge is 2.29. The summed E-state index contributed by atoms with van der Waals surface area (Å²) >= 11 is 0. The number of amides is 1. The molecule has 9 nitrogen and oxygen atoms in total. The minimum absolute atomic E-state index is 0.0636. The summed E-state index contributed by atoms with van der Waals surface area (Å²) in [6.45, 7) is 1.90. The molecular weight excluding hydrogens is 324 g/mol. The van der Waals surface area contributed by atoms with Crippen LogP contribution >= 0.6 is 0 Å². The minimum Gasteiger partial charge on any atom is -0.378 e. The molecule has 1 amide bonds. The van der Waals surface area contributed by atoms with Gasteiger partial charge in [0.05, 0.1) is 11.0 Å². The summed E-state index contributed by atoms with van der Waals surface area (Å²) in [5.74, 6) is 0.244. The van der Waals surface area contributed by atoms with Crippen LogP contribution in [0.3, 0.4) is 0 Å². The van der Waals surface area contributed by atoms with Crippen molar-refractivity contribution in [1.82, 2.24) is 9.97 Å². The first-order valence-corrected chi connectivity index (χ1v) is 7.88. The number of nitrogens with zero attached hydrogens (tertiary/aromatic N) is 3. The van der Waals surface area contributed by atoms with Crippen molar-refractivity contribution in [3.05, 3.63) is 46.1 Å². The van der Waals surface area contributed by atoms with Crippen LogP contribution in [0.25, 0.3) is 0 Å². The van der Waals surface area contributed by atoms with E-state index in [4.69, 9.17) is 5.73 Å². The largest absolute Gasteiger partial charge is 0.378 e. The second-order valence-corrected chi connectivity index (χ2v) is 5.97. The molecule has 0 radical (unpaired) electrons. The van der Waals surface area contributed by atoms with E-state index >= 15 is 0 Å². The third-order valence-electron chi connectivity index (χ3n) is 3.97. The van der Waals surface area contributed by atoms with Crippen molar-refractivity contribution in [1.29, 1.82) is 0 Å². The van der Waals surface area contributed by atoms with Crippen LogP contribution in [0, 0.1) is 16.0 Å². The van der Waals surface area contributed by atoms with Crippen molar-refractivity contribution in [2.75, 3.05) is 16.4 Å². The van der Waals surface area contributed by atoms with E-state index in [0.717, 1.165) is 30.3 Å². The maximum Gasteiger partial charge on any atom is 0.329 e. The topological polar surface area (TPSA) is 136 Å². The zero-order valence-electron chi connectivity index (χ0n) is 13.6. The number of nitro groups is 1. The number of carbonyl (C=O) groups excluding carboxylic acids is 1. The van der Waals surface area contributed by atoms with Gasteiger partial charge >= 0.3 is 5.69 Å². The summed E-state index contributed by atoms with van der Waals surface area (Å²) in [4.78, 5) is 29.6. The summed E-state index contributed by atoms with van der Waals surface area (Å²) in [7, 11) is 0. The molecule has 130 valence electrons. The van der Waals surface area contributed by atoms with E-state index in [9.17, 15) is 14.9 Å². The molecule has 25 heavy (non-hydrogen) atoms. The number of nitrogens with two attached hydrogens (primary N) is 1. The fourth-order valence-electron chi connectivity index (χ4n) is 2.32. The number of rotatable bonds is 6. The van der Waals surface area contributed by atoms with Crippen LogP contribution in [0.5, 0.6) is 0 Å². The molecule has 0 bridgehead atoms. The van der Waals surface area contributed by atoms with Crippen molar-refractivity contribution in [3.8, 4) is 0 Å². The monoisotopic (exact) mass is 342 g/mol. The lowest BCUT2D eigenvalue weighted by Gasteiger charge is -2.15. The normalized spacial score (nSPS) is 14.6. The Morgan fingerprint density at radius 2 is 2.04 bits per heavy atom. The summed E-state index contributed by atoms with van der Waals surface area (Å²) in [5.41, 5.74) is 6.94. The number of nitrogen functional groups attached to an aromatic ring is 1. The van der Waals surface area contributed by atoms with Gasteiger partial charge in [0.25, 0.3) is 0 Å². The Hall–Kier alpha value is -3.23. The number of carbonyl (C=O) groups is 1. The number of hydrogen-bond donors (Lipinski definition) is 3. The van der Waals surface area contributed by atoms with E-state index < -0.39 is 4.92 Å². The molecule has 1 aliphatic carbocycles. The number of nitrogens with one attached hydrogen (secondary N) is 2. The average molecular weight is 342 g/mol. The van der Waals surface area contributed by atoms with E-state index in [-0.39, 0.29) is 35.3 Å². The molecule has 1 unspecified atom stereocenters. The van der Waals surface area contributed by atoms with Crippen LogP contribution in [0.2, 0.25) is 0 Å². The lowest BCUT2D eigenvalue weighted by molar-refractivity contribution is -0.384. The van der Waals surface area contributed by atoms with Crippen molar-refractivity contribution < 1.29 is 9.72 Å². The number of hydrogen-bond acceptors (Lipinski definition) is 7. The lowest BCUT2D eigenvalue weighted by Crippen LogP contribution is -2.14. The Morgan fingerprint density at radius 3 is 2.60 bits per heavy atom. The molecule has 1 heterocycles. The molecule has 1 saturated carbocycles. The summed E-state index contributed by atoms with van der Waals surface area (Å²) < 4.78 is 0. The SMILES string of the molecule is CC(Nc1ncc([N+](=O)[O-])c(N)n1)c1ccc(NC(=O)C2CC2)cc1. The Balaban J connectivity index is 1.64. The third-order valence-corrected chi connectivity index (χ3v) is 3.97. The number of benzene rings is 1. The van der Waals surface area contributed by atoms with E-state index in [2.05, 4.69) is 20.6 Å². The number of aromatic nitrogens is 2. The average Bonchev–Trinajstić information content (AvgIpc) is 3.40. The summed E-state index contributed by atoms with van der Waals surface area (Å²) in [6, 6.07) is 7.29. The number of anilines is 3. The molecule has 1 fully saturated rings. The van der Waals surface area contributed by atoms with E-state index in [0.29, 0.717) is 0 Å². The Bertz CT molecular complexity index is 804.